The maximum absolute atomic E-state index is 12.3. The molecule has 1 aromatic carbocycles. The second kappa shape index (κ2) is 7.45. The Hall–Kier alpha value is -1.41. The van der Waals surface area contributed by atoms with Crippen molar-refractivity contribution in [3.63, 3.8) is 0 Å². The normalized spacial score (nSPS) is 12.5. The highest BCUT2D eigenvalue weighted by molar-refractivity contribution is 14.1. The molecule has 0 radical (unpaired) electrons. The van der Waals surface area contributed by atoms with Gasteiger partial charge in [-0.25, -0.2) is 13.1 Å². The molecule has 0 unspecified atom stereocenters. The van der Waals surface area contributed by atoms with Crippen LogP contribution >= 0.6 is 22.6 Å². The van der Waals surface area contributed by atoms with Crippen molar-refractivity contribution in [3.05, 3.63) is 32.1 Å². The van der Waals surface area contributed by atoms with Gasteiger partial charge in [-0.2, -0.15) is 18.3 Å². The van der Waals surface area contributed by atoms with Crippen LogP contribution in [0, 0.1) is 3.70 Å². The maximum atomic E-state index is 12.3. The first-order valence-electron chi connectivity index (χ1n) is 6.88. The number of hydrogen-bond acceptors (Lipinski definition) is 5. The molecule has 0 aliphatic heterocycles. The molecule has 0 spiro atoms. The fourth-order valence-corrected chi connectivity index (χ4v) is 3.26. The van der Waals surface area contributed by atoms with Crippen molar-refractivity contribution in [2.45, 2.75) is 18.5 Å². The van der Waals surface area contributed by atoms with E-state index in [1.807, 2.05) is 0 Å². The van der Waals surface area contributed by atoms with E-state index in [4.69, 9.17) is 4.74 Å². The van der Waals surface area contributed by atoms with Gasteiger partial charge in [0.05, 0.1) is 12.5 Å². The highest BCUT2D eigenvalue weighted by atomic mass is 127. The lowest BCUT2D eigenvalue weighted by atomic mass is 10.2. The van der Waals surface area contributed by atoms with E-state index < -0.39 is 22.1 Å². The number of halogens is 4. The summed E-state index contributed by atoms with van der Waals surface area (Å²) in [6, 6.07) is 4.85. The van der Waals surface area contributed by atoms with E-state index in [1.165, 1.54) is 16.5 Å². The highest BCUT2D eigenvalue weighted by Gasteiger charge is 2.45. The van der Waals surface area contributed by atoms with Gasteiger partial charge in [0, 0.05) is 13.1 Å². The first-order chi connectivity index (χ1) is 11.6. The molecule has 0 bridgehead atoms. The Bertz CT molecular complexity index is 944. The molecule has 2 aromatic rings. The van der Waals surface area contributed by atoms with E-state index in [2.05, 4.69) is 5.10 Å². The van der Waals surface area contributed by atoms with Gasteiger partial charge in [-0.1, -0.05) is 6.07 Å². The monoisotopic (exact) mass is 491 g/mol. The molecule has 138 valence electrons. The summed E-state index contributed by atoms with van der Waals surface area (Å²) in [6.07, 6.45) is 0.0361. The van der Waals surface area contributed by atoms with Crippen LogP contribution in [0.3, 0.4) is 0 Å². The van der Waals surface area contributed by atoms with E-state index >= 15 is 0 Å². The standard InChI is InChI=1S/C13H13F3IN3O4S/c1-24-9-5-2-4-8-10(9)20(19-12(17)11(8)21)7-3-6-18-25(22,23)13(14,15)16/h2,4-5,18H,3,6-7H2,1H3. The maximum Gasteiger partial charge on any atom is 0.511 e. The predicted octanol–water partition coefficient (Wildman–Crippen LogP) is 1.84. The van der Waals surface area contributed by atoms with Gasteiger partial charge >= 0.3 is 15.5 Å². The quantitative estimate of drug-likeness (QED) is 0.492. The topological polar surface area (TPSA) is 90.3 Å². The summed E-state index contributed by atoms with van der Waals surface area (Å²) in [5.74, 6) is 0.384. The summed E-state index contributed by atoms with van der Waals surface area (Å²) >= 11 is 1.76. The first-order valence-corrected chi connectivity index (χ1v) is 9.44. The molecule has 0 atom stereocenters. The van der Waals surface area contributed by atoms with Crippen LogP contribution in [0.15, 0.2) is 23.0 Å². The van der Waals surface area contributed by atoms with E-state index in [0.717, 1.165) is 0 Å². The van der Waals surface area contributed by atoms with Gasteiger partial charge < -0.3 is 4.74 Å². The minimum Gasteiger partial charge on any atom is -0.494 e. The minimum atomic E-state index is -5.38. The number of alkyl halides is 3. The number of sulfonamides is 1. The number of methoxy groups -OCH3 is 1. The van der Waals surface area contributed by atoms with Crippen molar-refractivity contribution in [2.75, 3.05) is 13.7 Å². The SMILES string of the molecule is COc1cccc2c(=O)c(I)nn(CCCNS(=O)(=O)C(F)(F)F)c12. The fraction of sp³-hybridized carbons (Fsp3) is 0.385. The second-order valence-corrected chi connectivity index (χ2v) is 7.68. The van der Waals surface area contributed by atoms with Crippen LogP contribution in [0.1, 0.15) is 6.42 Å². The summed E-state index contributed by atoms with van der Waals surface area (Å²) in [5.41, 5.74) is -5.24. The summed E-state index contributed by atoms with van der Waals surface area (Å²) in [6.45, 7) is -0.337. The summed E-state index contributed by atoms with van der Waals surface area (Å²) in [4.78, 5) is 12.2. The number of para-hydroxylation sites is 1. The molecule has 0 saturated carbocycles. The molecule has 12 heteroatoms. The Morgan fingerprint density at radius 1 is 1.36 bits per heavy atom. The van der Waals surface area contributed by atoms with Gasteiger partial charge in [-0.05, 0) is 41.1 Å². The van der Waals surface area contributed by atoms with E-state index in [0.29, 0.717) is 16.7 Å². The number of ether oxygens (including phenoxy) is 1. The van der Waals surface area contributed by atoms with E-state index in [-0.39, 0.29) is 22.1 Å². The van der Waals surface area contributed by atoms with Crippen molar-refractivity contribution in [3.8, 4) is 5.75 Å². The lowest BCUT2D eigenvalue weighted by molar-refractivity contribution is -0.0447. The molecule has 0 saturated heterocycles. The number of fused-ring (bicyclic) bond motifs is 1. The number of nitrogens with zero attached hydrogens (tertiary/aromatic N) is 2. The number of nitrogens with one attached hydrogen (secondary N) is 1. The Labute approximate surface area is 154 Å². The summed E-state index contributed by atoms with van der Waals surface area (Å²) < 4.78 is 67.0. The van der Waals surface area contributed by atoms with Crippen molar-refractivity contribution in [2.24, 2.45) is 0 Å². The smallest absolute Gasteiger partial charge is 0.494 e. The Morgan fingerprint density at radius 2 is 2.04 bits per heavy atom. The fourth-order valence-electron chi connectivity index (χ4n) is 2.13. The summed E-state index contributed by atoms with van der Waals surface area (Å²) in [5, 5.41) is 4.46. The zero-order chi connectivity index (χ0) is 18.8. The third-order valence-corrected chi connectivity index (χ3v) is 5.16. The van der Waals surface area contributed by atoms with E-state index in [1.54, 1.807) is 40.8 Å². The predicted molar refractivity (Wildman–Crippen MR) is 92.9 cm³/mol. The zero-order valence-corrected chi connectivity index (χ0v) is 15.8. The molecule has 7 nitrogen and oxygen atoms in total. The van der Waals surface area contributed by atoms with Gasteiger partial charge in [0.25, 0.3) is 0 Å². The van der Waals surface area contributed by atoms with E-state index in [9.17, 15) is 26.4 Å². The van der Waals surface area contributed by atoms with Gasteiger partial charge in [-0.15, -0.1) is 0 Å². The Morgan fingerprint density at radius 3 is 2.64 bits per heavy atom. The highest BCUT2D eigenvalue weighted by Crippen LogP contribution is 2.24. The lowest BCUT2D eigenvalue weighted by Gasteiger charge is -2.14. The van der Waals surface area contributed by atoms with Crippen LogP contribution < -0.4 is 14.9 Å². The second-order valence-electron chi connectivity index (χ2n) is 4.90. The third kappa shape index (κ3) is 4.23. The number of benzene rings is 1. The Balaban J connectivity index is 2.25. The van der Waals surface area contributed by atoms with Crippen LogP contribution in [0.5, 0.6) is 5.75 Å². The van der Waals surface area contributed by atoms with Crippen LogP contribution in [-0.4, -0.2) is 37.4 Å². The molecule has 0 fully saturated rings. The van der Waals surface area contributed by atoms with Crippen LogP contribution in [0.25, 0.3) is 10.9 Å². The number of aryl methyl sites for hydroxylation is 1. The van der Waals surface area contributed by atoms with Crippen molar-refractivity contribution < 1.29 is 26.3 Å². The molecule has 0 aliphatic rings. The van der Waals surface area contributed by atoms with Crippen LogP contribution in [-0.2, 0) is 16.6 Å². The average Bonchev–Trinajstić information content (AvgIpc) is 2.54. The molecular weight excluding hydrogens is 478 g/mol. The molecule has 0 aliphatic carbocycles. The summed E-state index contributed by atoms with van der Waals surface area (Å²) in [7, 11) is -3.96. The largest absolute Gasteiger partial charge is 0.511 e. The van der Waals surface area contributed by atoms with Gasteiger partial charge in [-0.3, -0.25) is 9.48 Å². The van der Waals surface area contributed by atoms with Gasteiger partial charge in [0.2, 0.25) is 5.43 Å². The molecule has 2 rings (SSSR count). The van der Waals surface area contributed by atoms with Crippen LogP contribution in [0.4, 0.5) is 13.2 Å². The molecule has 1 N–H and O–H groups in total. The molecule has 25 heavy (non-hydrogen) atoms. The van der Waals surface area contributed by atoms with Gasteiger partial charge in [0.1, 0.15) is 11.3 Å². The lowest BCUT2D eigenvalue weighted by Crippen LogP contribution is -2.37. The number of rotatable bonds is 6. The van der Waals surface area contributed by atoms with Crippen molar-refractivity contribution in [1.29, 1.82) is 0 Å². The number of aromatic nitrogens is 2. The van der Waals surface area contributed by atoms with Gasteiger partial charge in [0.15, 0.2) is 3.70 Å². The molecule has 1 aromatic heterocycles. The Kier molecular flexibility index (Phi) is 5.93. The molecule has 0 amide bonds. The minimum absolute atomic E-state index is 0.0361. The van der Waals surface area contributed by atoms with Crippen molar-refractivity contribution >= 4 is 43.5 Å². The molecule has 1 heterocycles. The number of hydrogen-bond donors (Lipinski definition) is 1. The average molecular weight is 491 g/mol. The van der Waals surface area contributed by atoms with Crippen LogP contribution in [0.2, 0.25) is 0 Å². The first kappa shape index (κ1) is 19.9. The zero-order valence-electron chi connectivity index (χ0n) is 12.8. The van der Waals surface area contributed by atoms with Crippen molar-refractivity contribution in [1.82, 2.24) is 14.5 Å². The molecular formula is C13H13F3IN3O4S. The third-order valence-electron chi connectivity index (χ3n) is 3.26.